The topological polar surface area (TPSA) is 35.2 Å². The molecule has 2 N–H and O–H groups in total. The van der Waals surface area contributed by atoms with Gasteiger partial charge in [-0.2, -0.15) is 13.2 Å². The molecule has 0 fully saturated rings. The maximum atomic E-state index is 11.4. The van der Waals surface area contributed by atoms with Crippen LogP contribution in [-0.2, 0) is 4.74 Å². The van der Waals surface area contributed by atoms with Crippen LogP contribution in [0.25, 0.3) is 0 Å². The van der Waals surface area contributed by atoms with Gasteiger partial charge in [0.1, 0.15) is 6.61 Å². The van der Waals surface area contributed by atoms with Crippen LogP contribution in [0.1, 0.15) is 6.42 Å². The zero-order valence-electron chi connectivity index (χ0n) is 5.65. The van der Waals surface area contributed by atoms with E-state index in [9.17, 15) is 13.2 Å². The van der Waals surface area contributed by atoms with Gasteiger partial charge in [-0.25, -0.2) is 0 Å². The van der Waals surface area contributed by atoms with Crippen molar-refractivity contribution in [2.24, 2.45) is 5.73 Å². The predicted octanol–water partition coefficient (Wildman–Crippen LogP) is 1.24. The first kappa shape index (κ1) is 10.6. The van der Waals surface area contributed by atoms with E-state index in [2.05, 4.69) is 17.0 Å². The van der Waals surface area contributed by atoms with Gasteiger partial charge in [0, 0.05) is 6.42 Å². The molecule has 6 heteroatoms. The number of nitrogens with two attached hydrogens (primary N) is 1. The number of ether oxygens (including phenoxy) is 1. The minimum atomic E-state index is -4.27. The van der Waals surface area contributed by atoms with Crippen molar-refractivity contribution in [2.45, 2.75) is 12.6 Å². The molecule has 0 aromatic heterocycles. The molecular formula is C5H8F3NOS. The third-order valence-electron chi connectivity index (χ3n) is 0.759. The Morgan fingerprint density at radius 1 is 1.45 bits per heavy atom. The van der Waals surface area contributed by atoms with Crippen molar-refractivity contribution < 1.29 is 17.9 Å². The van der Waals surface area contributed by atoms with Crippen LogP contribution in [-0.4, -0.2) is 24.4 Å². The molecule has 0 aromatic carbocycles. The highest BCUT2D eigenvalue weighted by Crippen LogP contribution is 2.14. The summed E-state index contributed by atoms with van der Waals surface area (Å²) in [6, 6.07) is 0. The van der Waals surface area contributed by atoms with E-state index in [1.54, 1.807) is 0 Å². The van der Waals surface area contributed by atoms with Crippen LogP contribution < -0.4 is 5.73 Å². The van der Waals surface area contributed by atoms with Crippen molar-refractivity contribution in [1.82, 2.24) is 0 Å². The standard InChI is InChI=1S/C5H8F3NOS/c6-5(7,8)3-10-2-1-4(9)11/h1-3H2,(H2,9,11). The lowest BCUT2D eigenvalue weighted by atomic mass is 10.5. The number of halogens is 3. The smallest absolute Gasteiger partial charge is 0.393 e. The first-order valence-electron chi connectivity index (χ1n) is 2.84. The fourth-order valence-electron chi connectivity index (χ4n) is 0.361. The average Bonchev–Trinajstić information content (AvgIpc) is 1.78. The second kappa shape index (κ2) is 4.50. The molecule has 2 nitrogen and oxygen atoms in total. The lowest BCUT2D eigenvalue weighted by Gasteiger charge is -2.06. The Morgan fingerprint density at radius 3 is 2.36 bits per heavy atom. The number of thiocarbonyl (C=S) groups is 1. The molecule has 0 aliphatic carbocycles. The van der Waals surface area contributed by atoms with Crippen LogP contribution in [0.3, 0.4) is 0 Å². The van der Waals surface area contributed by atoms with E-state index in [0.29, 0.717) is 0 Å². The van der Waals surface area contributed by atoms with Crippen molar-refractivity contribution in [3.63, 3.8) is 0 Å². The molecule has 0 aromatic rings. The van der Waals surface area contributed by atoms with Crippen molar-refractivity contribution in [2.75, 3.05) is 13.2 Å². The van der Waals surface area contributed by atoms with Crippen LogP contribution in [0.4, 0.5) is 13.2 Å². The van der Waals surface area contributed by atoms with Crippen molar-refractivity contribution >= 4 is 17.2 Å². The summed E-state index contributed by atoms with van der Waals surface area (Å²) in [5, 5.41) is 0. The van der Waals surface area contributed by atoms with Crippen LogP contribution in [0, 0.1) is 0 Å². The van der Waals surface area contributed by atoms with Gasteiger partial charge in [-0.1, -0.05) is 12.2 Å². The summed E-state index contributed by atoms with van der Waals surface area (Å²) in [5.41, 5.74) is 5.01. The van der Waals surface area contributed by atoms with Gasteiger partial charge in [-0.05, 0) is 0 Å². The van der Waals surface area contributed by atoms with Gasteiger partial charge in [-0.3, -0.25) is 0 Å². The number of hydrogen-bond acceptors (Lipinski definition) is 2. The number of hydrogen-bond donors (Lipinski definition) is 1. The highest BCUT2D eigenvalue weighted by atomic mass is 32.1. The molecule has 0 bridgehead atoms. The molecule has 0 radical (unpaired) electrons. The molecule has 0 heterocycles. The van der Waals surface area contributed by atoms with Crippen LogP contribution in [0.15, 0.2) is 0 Å². The molecule has 66 valence electrons. The summed E-state index contributed by atoms with van der Waals surface area (Å²) in [6.45, 7) is -1.32. The molecule has 0 amide bonds. The van der Waals surface area contributed by atoms with Gasteiger partial charge in [0.05, 0.1) is 11.6 Å². The molecule has 0 unspecified atom stereocenters. The SMILES string of the molecule is NC(=S)CCOCC(F)(F)F. The zero-order chi connectivity index (χ0) is 8.91. The summed E-state index contributed by atoms with van der Waals surface area (Å²) >= 11 is 4.42. The lowest BCUT2D eigenvalue weighted by molar-refractivity contribution is -0.173. The number of rotatable bonds is 4. The van der Waals surface area contributed by atoms with E-state index >= 15 is 0 Å². The van der Waals surface area contributed by atoms with Crippen molar-refractivity contribution in [3.8, 4) is 0 Å². The highest BCUT2D eigenvalue weighted by Gasteiger charge is 2.27. The summed E-state index contributed by atoms with van der Waals surface area (Å²) in [6.07, 6.45) is -4.08. The summed E-state index contributed by atoms with van der Waals surface area (Å²) in [5.74, 6) is 0. The predicted molar refractivity (Wildman–Crippen MR) is 38.3 cm³/mol. The fraction of sp³-hybridized carbons (Fsp3) is 0.800. The van der Waals surface area contributed by atoms with Crippen molar-refractivity contribution in [3.05, 3.63) is 0 Å². The second-order valence-electron chi connectivity index (χ2n) is 1.88. The maximum absolute atomic E-state index is 11.4. The third-order valence-corrected chi connectivity index (χ3v) is 0.963. The minimum absolute atomic E-state index is 0.0746. The van der Waals surface area contributed by atoms with E-state index in [1.807, 2.05) is 0 Å². The summed E-state index contributed by atoms with van der Waals surface area (Å²) in [4.78, 5) is 0.159. The van der Waals surface area contributed by atoms with E-state index in [1.165, 1.54) is 0 Å². The summed E-state index contributed by atoms with van der Waals surface area (Å²) < 4.78 is 38.4. The molecular weight excluding hydrogens is 179 g/mol. The molecule has 11 heavy (non-hydrogen) atoms. The Labute approximate surface area is 67.5 Å². The Hall–Kier alpha value is -0.360. The van der Waals surface area contributed by atoms with Gasteiger partial charge in [0.15, 0.2) is 0 Å². The maximum Gasteiger partial charge on any atom is 0.411 e. The zero-order valence-corrected chi connectivity index (χ0v) is 6.47. The van der Waals surface area contributed by atoms with Crippen molar-refractivity contribution in [1.29, 1.82) is 0 Å². The average molecular weight is 187 g/mol. The Bertz CT molecular complexity index is 136. The Morgan fingerprint density at radius 2 is 2.00 bits per heavy atom. The Balaban J connectivity index is 3.22. The van der Waals surface area contributed by atoms with E-state index < -0.39 is 12.8 Å². The summed E-state index contributed by atoms with van der Waals surface area (Å²) in [7, 11) is 0. The Kier molecular flexibility index (Phi) is 4.36. The molecule has 0 atom stereocenters. The monoisotopic (exact) mass is 187 g/mol. The molecule has 0 rings (SSSR count). The second-order valence-corrected chi connectivity index (χ2v) is 2.41. The molecule has 0 aliphatic heterocycles. The molecule has 0 saturated heterocycles. The molecule has 0 spiro atoms. The first-order valence-corrected chi connectivity index (χ1v) is 3.25. The lowest BCUT2D eigenvalue weighted by Crippen LogP contribution is -2.19. The van der Waals surface area contributed by atoms with Gasteiger partial charge < -0.3 is 10.5 Å². The first-order chi connectivity index (χ1) is 4.92. The number of alkyl halides is 3. The van der Waals surface area contributed by atoms with Gasteiger partial charge in [0.2, 0.25) is 0 Å². The largest absolute Gasteiger partial charge is 0.411 e. The quantitative estimate of drug-likeness (QED) is 0.531. The highest BCUT2D eigenvalue weighted by molar-refractivity contribution is 7.80. The van der Waals surface area contributed by atoms with Crippen LogP contribution >= 0.6 is 12.2 Å². The van der Waals surface area contributed by atoms with Gasteiger partial charge >= 0.3 is 6.18 Å². The van der Waals surface area contributed by atoms with Crippen LogP contribution in [0.5, 0.6) is 0 Å². The van der Waals surface area contributed by atoms with E-state index in [4.69, 9.17) is 5.73 Å². The van der Waals surface area contributed by atoms with Gasteiger partial charge in [0.25, 0.3) is 0 Å². The van der Waals surface area contributed by atoms with E-state index in [-0.39, 0.29) is 18.0 Å². The van der Waals surface area contributed by atoms with E-state index in [0.717, 1.165) is 0 Å². The molecule has 0 aliphatic rings. The third kappa shape index (κ3) is 9.64. The minimum Gasteiger partial charge on any atom is -0.393 e. The fourth-order valence-corrected chi connectivity index (χ4v) is 0.444. The van der Waals surface area contributed by atoms with Crippen LogP contribution in [0.2, 0.25) is 0 Å². The van der Waals surface area contributed by atoms with Gasteiger partial charge in [-0.15, -0.1) is 0 Å². The normalized spacial score (nSPS) is 11.5. The molecule has 0 saturated carbocycles.